The standard InChI is InChI=1S/C27H39N7O/c1-4-15-33(16-5-2)17-7-6-8-26-32-23-18-22(9-10-24(23)35-26)19-34(20-25-28-11-12-29-25)21(3)27-30-13-14-31-27/h9-14,18,21H,4-8,15-17,19-20H2,1-3H3,(H,28,29)(H,30,31). The molecule has 0 fully saturated rings. The highest BCUT2D eigenvalue weighted by atomic mass is 16.3. The van der Waals surface area contributed by atoms with Crippen molar-refractivity contribution in [3.8, 4) is 0 Å². The molecule has 4 rings (SSSR count). The molecule has 1 unspecified atom stereocenters. The van der Waals surface area contributed by atoms with E-state index >= 15 is 0 Å². The molecule has 8 nitrogen and oxygen atoms in total. The molecule has 3 aromatic heterocycles. The first-order chi connectivity index (χ1) is 17.2. The molecule has 1 atom stereocenters. The molecule has 0 bridgehead atoms. The molecule has 3 heterocycles. The van der Waals surface area contributed by atoms with Crippen LogP contribution in [0.25, 0.3) is 11.1 Å². The number of aromatic nitrogens is 5. The second-order valence-corrected chi connectivity index (χ2v) is 9.30. The van der Waals surface area contributed by atoms with Crippen molar-refractivity contribution < 1.29 is 4.42 Å². The van der Waals surface area contributed by atoms with Crippen molar-refractivity contribution in [2.45, 2.75) is 72.0 Å². The van der Waals surface area contributed by atoms with Gasteiger partial charge in [-0.2, -0.15) is 0 Å². The predicted octanol–water partition coefficient (Wildman–Crippen LogP) is 5.48. The van der Waals surface area contributed by atoms with E-state index in [4.69, 9.17) is 9.40 Å². The summed E-state index contributed by atoms with van der Waals surface area (Å²) >= 11 is 0. The number of H-pyrrole nitrogens is 2. The van der Waals surface area contributed by atoms with Crippen LogP contribution in [0.2, 0.25) is 0 Å². The molecule has 4 aromatic rings. The van der Waals surface area contributed by atoms with Gasteiger partial charge in [-0.05, 0) is 69.9 Å². The van der Waals surface area contributed by atoms with Crippen molar-refractivity contribution in [2.75, 3.05) is 19.6 Å². The summed E-state index contributed by atoms with van der Waals surface area (Å²) in [6.45, 7) is 11.7. The largest absolute Gasteiger partial charge is 0.441 e. The van der Waals surface area contributed by atoms with Crippen molar-refractivity contribution in [1.29, 1.82) is 0 Å². The van der Waals surface area contributed by atoms with Gasteiger partial charge < -0.3 is 19.3 Å². The number of benzene rings is 1. The summed E-state index contributed by atoms with van der Waals surface area (Å²) in [6.07, 6.45) is 12.9. The Hall–Kier alpha value is -2.97. The zero-order chi connectivity index (χ0) is 24.5. The summed E-state index contributed by atoms with van der Waals surface area (Å²) < 4.78 is 6.05. The maximum Gasteiger partial charge on any atom is 0.195 e. The number of aromatic amines is 2. The number of hydrogen-bond acceptors (Lipinski definition) is 6. The summed E-state index contributed by atoms with van der Waals surface area (Å²) in [7, 11) is 0. The fourth-order valence-corrected chi connectivity index (χ4v) is 4.63. The monoisotopic (exact) mass is 477 g/mol. The zero-order valence-corrected chi connectivity index (χ0v) is 21.3. The third-order valence-electron chi connectivity index (χ3n) is 6.45. The molecule has 0 aliphatic heterocycles. The summed E-state index contributed by atoms with van der Waals surface area (Å²) in [5.41, 5.74) is 2.98. The number of rotatable bonds is 15. The number of nitrogens with zero attached hydrogens (tertiary/aromatic N) is 5. The number of fused-ring (bicyclic) bond motifs is 1. The summed E-state index contributed by atoms with van der Waals surface area (Å²) in [5.74, 6) is 2.72. The van der Waals surface area contributed by atoms with Crippen LogP contribution in [-0.4, -0.2) is 54.4 Å². The second-order valence-electron chi connectivity index (χ2n) is 9.30. The lowest BCUT2D eigenvalue weighted by molar-refractivity contribution is 0.181. The predicted molar refractivity (Wildman–Crippen MR) is 139 cm³/mol. The molecule has 0 radical (unpaired) electrons. The van der Waals surface area contributed by atoms with Crippen LogP contribution in [0.4, 0.5) is 0 Å². The number of hydrogen-bond donors (Lipinski definition) is 2. The van der Waals surface area contributed by atoms with Crippen LogP contribution in [0.5, 0.6) is 0 Å². The highest BCUT2D eigenvalue weighted by Gasteiger charge is 2.20. The Morgan fingerprint density at radius 2 is 1.74 bits per heavy atom. The van der Waals surface area contributed by atoms with Gasteiger partial charge in [0, 0.05) is 37.8 Å². The Kier molecular flexibility index (Phi) is 9.08. The van der Waals surface area contributed by atoms with Gasteiger partial charge in [0.25, 0.3) is 0 Å². The summed E-state index contributed by atoms with van der Waals surface area (Å²) in [4.78, 5) is 25.1. The van der Waals surface area contributed by atoms with Crippen molar-refractivity contribution in [1.82, 2.24) is 34.7 Å². The minimum atomic E-state index is 0.110. The third-order valence-corrected chi connectivity index (χ3v) is 6.45. The maximum absolute atomic E-state index is 6.05. The lowest BCUT2D eigenvalue weighted by atomic mass is 10.1. The number of aryl methyl sites for hydroxylation is 1. The molecule has 2 N–H and O–H groups in total. The zero-order valence-electron chi connectivity index (χ0n) is 21.3. The molecule has 0 saturated heterocycles. The van der Waals surface area contributed by atoms with Crippen LogP contribution in [0.3, 0.4) is 0 Å². The van der Waals surface area contributed by atoms with Crippen LogP contribution >= 0.6 is 0 Å². The first-order valence-corrected chi connectivity index (χ1v) is 13.0. The Morgan fingerprint density at radius 3 is 2.46 bits per heavy atom. The van der Waals surface area contributed by atoms with Gasteiger partial charge in [-0.1, -0.05) is 19.9 Å². The molecule has 0 amide bonds. The number of imidazole rings is 2. The molecule has 188 valence electrons. The number of unbranched alkanes of at least 4 members (excludes halogenated alkanes) is 1. The highest BCUT2D eigenvalue weighted by molar-refractivity contribution is 5.73. The van der Waals surface area contributed by atoms with E-state index in [0.717, 1.165) is 54.6 Å². The van der Waals surface area contributed by atoms with E-state index in [1.807, 2.05) is 18.5 Å². The number of oxazole rings is 1. The van der Waals surface area contributed by atoms with E-state index in [0.29, 0.717) is 6.54 Å². The Morgan fingerprint density at radius 1 is 0.943 bits per heavy atom. The van der Waals surface area contributed by atoms with Gasteiger partial charge in [0.05, 0.1) is 12.6 Å². The second kappa shape index (κ2) is 12.7. The van der Waals surface area contributed by atoms with Gasteiger partial charge in [0.2, 0.25) is 0 Å². The minimum absolute atomic E-state index is 0.110. The lowest BCUT2D eigenvalue weighted by Crippen LogP contribution is -2.27. The van der Waals surface area contributed by atoms with Crippen LogP contribution in [-0.2, 0) is 19.5 Å². The fourth-order valence-electron chi connectivity index (χ4n) is 4.63. The van der Waals surface area contributed by atoms with Crippen molar-refractivity contribution in [3.63, 3.8) is 0 Å². The first-order valence-electron chi connectivity index (χ1n) is 13.0. The SMILES string of the molecule is CCCN(CCC)CCCCc1nc2cc(CN(Cc3ncc[nH]3)C(C)c3ncc[nH]3)ccc2o1. The van der Waals surface area contributed by atoms with Gasteiger partial charge in [-0.25, -0.2) is 15.0 Å². The molecule has 35 heavy (non-hydrogen) atoms. The van der Waals surface area contributed by atoms with Crippen LogP contribution in [0.15, 0.2) is 47.4 Å². The van der Waals surface area contributed by atoms with E-state index in [1.165, 1.54) is 37.9 Å². The van der Waals surface area contributed by atoms with Crippen LogP contribution in [0.1, 0.15) is 75.6 Å². The van der Waals surface area contributed by atoms with Gasteiger partial charge in [-0.15, -0.1) is 0 Å². The van der Waals surface area contributed by atoms with Crippen molar-refractivity contribution in [2.24, 2.45) is 0 Å². The molecular formula is C27H39N7O. The first kappa shape index (κ1) is 25.1. The topological polar surface area (TPSA) is 89.9 Å². The summed E-state index contributed by atoms with van der Waals surface area (Å²) in [5, 5.41) is 0. The number of nitrogens with one attached hydrogen (secondary N) is 2. The van der Waals surface area contributed by atoms with E-state index in [-0.39, 0.29) is 6.04 Å². The van der Waals surface area contributed by atoms with E-state index in [9.17, 15) is 0 Å². The molecule has 1 aromatic carbocycles. The summed E-state index contributed by atoms with van der Waals surface area (Å²) in [6, 6.07) is 6.44. The van der Waals surface area contributed by atoms with Crippen molar-refractivity contribution in [3.05, 3.63) is 66.1 Å². The molecule has 0 saturated carbocycles. The van der Waals surface area contributed by atoms with Gasteiger partial charge in [-0.3, -0.25) is 4.90 Å². The highest BCUT2D eigenvalue weighted by Crippen LogP contribution is 2.24. The van der Waals surface area contributed by atoms with Gasteiger partial charge in [0.15, 0.2) is 11.5 Å². The van der Waals surface area contributed by atoms with E-state index in [2.05, 4.69) is 62.6 Å². The molecular weight excluding hydrogens is 438 g/mol. The Labute approximate surface area is 208 Å². The lowest BCUT2D eigenvalue weighted by Gasteiger charge is -2.27. The molecule has 0 aliphatic rings. The minimum Gasteiger partial charge on any atom is -0.441 e. The molecule has 8 heteroatoms. The average Bonchev–Trinajstić information content (AvgIpc) is 3.63. The molecule has 0 aliphatic carbocycles. The van der Waals surface area contributed by atoms with Gasteiger partial charge >= 0.3 is 0 Å². The van der Waals surface area contributed by atoms with Crippen molar-refractivity contribution >= 4 is 11.1 Å². The fraction of sp³-hybridized carbons (Fsp3) is 0.519. The van der Waals surface area contributed by atoms with Gasteiger partial charge in [0.1, 0.15) is 17.2 Å². The Bertz CT molecular complexity index is 1110. The average molecular weight is 478 g/mol. The van der Waals surface area contributed by atoms with Crippen LogP contribution in [0, 0.1) is 0 Å². The third kappa shape index (κ3) is 7.02. The molecule has 0 spiro atoms. The maximum atomic E-state index is 6.05. The van der Waals surface area contributed by atoms with Crippen LogP contribution < -0.4 is 0 Å². The van der Waals surface area contributed by atoms with E-state index in [1.54, 1.807) is 12.4 Å². The quantitative estimate of drug-likeness (QED) is 0.220. The normalized spacial score (nSPS) is 12.8. The smallest absolute Gasteiger partial charge is 0.195 e. The Balaban J connectivity index is 1.39. The van der Waals surface area contributed by atoms with E-state index < -0.39 is 0 Å².